The Bertz CT molecular complexity index is 559. The number of benzene rings is 1. The summed E-state index contributed by atoms with van der Waals surface area (Å²) < 4.78 is 27.1. The molecule has 0 bridgehead atoms. The highest BCUT2D eigenvalue weighted by molar-refractivity contribution is 7.98. The van der Waals surface area contributed by atoms with Crippen molar-refractivity contribution in [2.45, 2.75) is 38.3 Å². The molecule has 1 atom stereocenters. The topological polar surface area (TPSA) is 49.4 Å². The fourth-order valence-corrected chi connectivity index (χ4v) is 4.56. The molecule has 1 aromatic rings. The van der Waals surface area contributed by atoms with E-state index in [1.807, 2.05) is 39.2 Å². The van der Waals surface area contributed by atoms with Crippen LogP contribution in [0.3, 0.4) is 0 Å². The van der Waals surface area contributed by atoms with Crippen molar-refractivity contribution in [3.05, 3.63) is 29.3 Å². The van der Waals surface area contributed by atoms with Crippen LogP contribution in [0.5, 0.6) is 0 Å². The average Bonchev–Trinajstić information content (AvgIpc) is 2.45. The Morgan fingerprint density at radius 2 is 2.05 bits per heavy atom. The van der Waals surface area contributed by atoms with E-state index in [9.17, 15) is 8.42 Å². The van der Waals surface area contributed by atoms with E-state index in [4.69, 9.17) is 0 Å². The van der Waals surface area contributed by atoms with Gasteiger partial charge in [0, 0.05) is 25.4 Å². The molecule has 21 heavy (non-hydrogen) atoms. The minimum Gasteiger partial charge on any atom is -0.313 e. The Morgan fingerprint density at radius 3 is 2.62 bits per heavy atom. The molecular formula is C15H26N2O2S2. The third-order valence-electron chi connectivity index (χ3n) is 3.65. The first-order valence-electron chi connectivity index (χ1n) is 7.12. The lowest BCUT2D eigenvalue weighted by Gasteiger charge is -2.25. The van der Waals surface area contributed by atoms with Crippen molar-refractivity contribution in [2.75, 3.05) is 25.6 Å². The zero-order chi connectivity index (χ0) is 16.0. The van der Waals surface area contributed by atoms with Crippen LogP contribution in [-0.4, -0.2) is 44.4 Å². The molecule has 0 radical (unpaired) electrons. The first kappa shape index (κ1) is 18.5. The van der Waals surface area contributed by atoms with Crippen LogP contribution in [0.25, 0.3) is 0 Å². The summed E-state index contributed by atoms with van der Waals surface area (Å²) in [5.74, 6) is 0.784. The largest absolute Gasteiger partial charge is 0.313 e. The summed E-state index contributed by atoms with van der Waals surface area (Å²) in [5.41, 5.74) is 1.87. The van der Waals surface area contributed by atoms with E-state index in [1.54, 1.807) is 24.9 Å². The quantitative estimate of drug-likeness (QED) is 0.795. The first-order valence-corrected chi connectivity index (χ1v) is 9.95. The molecule has 0 saturated carbocycles. The van der Waals surface area contributed by atoms with Crippen LogP contribution < -0.4 is 5.32 Å². The minimum atomic E-state index is -3.45. The van der Waals surface area contributed by atoms with Crippen LogP contribution in [-0.2, 0) is 16.6 Å². The van der Waals surface area contributed by atoms with E-state index in [2.05, 4.69) is 5.32 Å². The summed E-state index contributed by atoms with van der Waals surface area (Å²) in [5, 5.41) is 3.24. The van der Waals surface area contributed by atoms with E-state index >= 15 is 0 Å². The number of nitrogens with zero attached hydrogens (tertiary/aromatic N) is 1. The van der Waals surface area contributed by atoms with Crippen LogP contribution in [0.1, 0.15) is 25.0 Å². The third kappa shape index (κ3) is 4.45. The monoisotopic (exact) mass is 330 g/mol. The summed E-state index contributed by atoms with van der Waals surface area (Å²) in [7, 11) is -1.79. The van der Waals surface area contributed by atoms with Crippen LogP contribution >= 0.6 is 11.8 Å². The summed E-state index contributed by atoms with van der Waals surface area (Å²) in [6.45, 7) is 7.41. The molecule has 0 aliphatic carbocycles. The summed E-state index contributed by atoms with van der Waals surface area (Å²) in [6.07, 6.45) is 1.99. The van der Waals surface area contributed by atoms with Gasteiger partial charge in [0.15, 0.2) is 0 Å². The number of hydrogen-bond acceptors (Lipinski definition) is 4. The molecule has 0 aliphatic rings. The maximum absolute atomic E-state index is 12.8. The zero-order valence-electron chi connectivity index (χ0n) is 13.5. The lowest BCUT2D eigenvalue weighted by molar-refractivity contribution is 0.414. The second kappa shape index (κ2) is 8.17. The Morgan fingerprint density at radius 1 is 1.38 bits per heavy atom. The highest BCUT2D eigenvalue weighted by Crippen LogP contribution is 2.23. The van der Waals surface area contributed by atoms with Gasteiger partial charge in [0.2, 0.25) is 10.0 Å². The number of sulfonamides is 1. The van der Waals surface area contributed by atoms with Gasteiger partial charge in [0.25, 0.3) is 0 Å². The minimum absolute atomic E-state index is 0.0261. The number of nitrogens with one attached hydrogen (secondary N) is 1. The van der Waals surface area contributed by atoms with E-state index in [0.29, 0.717) is 11.4 Å². The van der Waals surface area contributed by atoms with Gasteiger partial charge in [-0.05, 0) is 43.8 Å². The van der Waals surface area contributed by atoms with Crippen molar-refractivity contribution in [1.29, 1.82) is 0 Å². The Labute approximate surface area is 133 Å². The van der Waals surface area contributed by atoms with E-state index < -0.39 is 10.0 Å². The van der Waals surface area contributed by atoms with Gasteiger partial charge in [-0.15, -0.1) is 0 Å². The molecule has 0 heterocycles. The molecule has 6 heteroatoms. The van der Waals surface area contributed by atoms with Crippen molar-refractivity contribution in [2.24, 2.45) is 0 Å². The molecule has 0 spiro atoms. The maximum Gasteiger partial charge on any atom is 0.243 e. The lowest BCUT2D eigenvalue weighted by atomic mass is 10.1. The fourth-order valence-electron chi connectivity index (χ4n) is 2.13. The van der Waals surface area contributed by atoms with Crippen LogP contribution in [0, 0.1) is 6.92 Å². The number of thioether (sulfide) groups is 1. The molecule has 1 N–H and O–H groups in total. The van der Waals surface area contributed by atoms with Gasteiger partial charge in [-0.2, -0.15) is 16.1 Å². The maximum atomic E-state index is 12.8. The molecule has 0 aliphatic heterocycles. The predicted octanol–water partition coefficient (Wildman–Crippen LogP) is 2.48. The lowest BCUT2D eigenvalue weighted by Crippen LogP contribution is -2.37. The first-order chi connectivity index (χ1) is 9.86. The summed E-state index contributed by atoms with van der Waals surface area (Å²) in [6, 6.07) is 5.46. The van der Waals surface area contributed by atoms with E-state index in [-0.39, 0.29) is 6.04 Å². The Balaban J connectivity index is 3.14. The Hall–Kier alpha value is -0.560. The van der Waals surface area contributed by atoms with Gasteiger partial charge in [-0.1, -0.05) is 19.1 Å². The molecule has 4 nitrogen and oxygen atoms in total. The van der Waals surface area contributed by atoms with Crippen molar-refractivity contribution in [3.63, 3.8) is 0 Å². The summed E-state index contributed by atoms with van der Waals surface area (Å²) >= 11 is 1.65. The average molecular weight is 331 g/mol. The van der Waals surface area contributed by atoms with Crippen molar-refractivity contribution in [1.82, 2.24) is 9.62 Å². The van der Waals surface area contributed by atoms with Crippen molar-refractivity contribution in [3.8, 4) is 0 Å². The van der Waals surface area contributed by atoms with Gasteiger partial charge >= 0.3 is 0 Å². The van der Waals surface area contributed by atoms with Crippen molar-refractivity contribution >= 4 is 21.8 Å². The number of hydrogen-bond donors (Lipinski definition) is 1. The zero-order valence-corrected chi connectivity index (χ0v) is 15.1. The van der Waals surface area contributed by atoms with Gasteiger partial charge < -0.3 is 5.32 Å². The van der Waals surface area contributed by atoms with Crippen LogP contribution in [0.15, 0.2) is 23.1 Å². The van der Waals surface area contributed by atoms with Crippen molar-refractivity contribution < 1.29 is 8.42 Å². The molecule has 1 unspecified atom stereocenters. The van der Waals surface area contributed by atoms with E-state index in [0.717, 1.165) is 23.4 Å². The summed E-state index contributed by atoms with van der Waals surface area (Å²) in [4.78, 5) is 0.411. The highest BCUT2D eigenvalue weighted by atomic mass is 32.2. The predicted molar refractivity (Wildman–Crippen MR) is 91.4 cm³/mol. The van der Waals surface area contributed by atoms with Gasteiger partial charge in [0.05, 0.1) is 4.90 Å². The van der Waals surface area contributed by atoms with Gasteiger partial charge in [0.1, 0.15) is 0 Å². The van der Waals surface area contributed by atoms with Crippen LogP contribution in [0.2, 0.25) is 0 Å². The molecule has 120 valence electrons. The smallest absolute Gasteiger partial charge is 0.243 e. The third-order valence-corrected chi connectivity index (χ3v) is 6.58. The molecule has 0 saturated heterocycles. The molecular weight excluding hydrogens is 304 g/mol. The molecule has 1 rings (SSSR count). The standard InChI is InChI=1S/C15H26N2O2S2/c1-6-16-10-14-8-7-9-15(13(14)3)21(18,19)17(4)12(2)11-20-5/h7-9,12,16H,6,10-11H2,1-5H3. The highest BCUT2D eigenvalue weighted by Gasteiger charge is 2.27. The molecule has 0 aromatic heterocycles. The van der Waals surface area contributed by atoms with Crippen LogP contribution in [0.4, 0.5) is 0 Å². The van der Waals surface area contributed by atoms with Gasteiger partial charge in [-0.25, -0.2) is 8.42 Å². The fraction of sp³-hybridized carbons (Fsp3) is 0.600. The molecule has 0 fully saturated rings. The molecule has 0 amide bonds. The van der Waals surface area contributed by atoms with E-state index in [1.165, 1.54) is 4.31 Å². The normalized spacial score (nSPS) is 13.6. The van der Waals surface area contributed by atoms with Gasteiger partial charge in [-0.3, -0.25) is 0 Å². The Kier molecular flexibility index (Phi) is 7.20. The second-order valence-corrected chi connectivity index (χ2v) is 8.02. The second-order valence-electron chi connectivity index (χ2n) is 5.15. The molecule has 1 aromatic carbocycles. The SMILES string of the molecule is CCNCc1cccc(S(=O)(=O)N(C)C(C)CSC)c1C. The number of rotatable bonds is 8.